The monoisotopic (exact) mass is 187 g/mol. The van der Waals surface area contributed by atoms with E-state index in [0.29, 0.717) is 12.5 Å². The van der Waals surface area contributed by atoms with Crippen LogP contribution >= 0.6 is 0 Å². The predicted molar refractivity (Wildman–Crippen MR) is 53.3 cm³/mol. The second-order valence-corrected chi connectivity index (χ2v) is 4.54. The van der Waals surface area contributed by atoms with Crippen molar-refractivity contribution in [3.05, 3.63) is 0 Å². The quantitative estimate of drug-likeness (QED) is 0.694. The van der Waals surface area contributed by atoms with Crippen LogP contribution < -0.4 is 5.32 Å². The molecule has 0 aliphatic carbocycles. The van der Waals surface area contributed by atoms with E-state index in [-0.39, 0.29) is 11.3 Å². The molecule has 0 aliphatic rings. The van der Waals surface area contributed by atoms with Gasteiger partial charge in [0.05, 0.1) is 0 Å². The van der Waals surface area contributed by atoms with Crippen LogP contribution in [-0.2, 0) is 4.79 Å². The summed E-state index contributed by atoms with van der Waals surface area (Å²) in [5, 5.41) is 11.7. The number of hydrogen-bond acceptors (Lipinski definition) is 2. The zero-order valence-corrected chi connectivity index (χ0v) is 9.22. The van der Waals surface area contributed by atoms with Gasteiger partial charge in [-0.05, 0) is 18.3 Å². The Balaban J connectivity index is 3.95. The van der Waals surface area contributed by atoms with E-state index < -0.39 is 6.10 Å². The van der Waals surface area contributed by atoms with Crippen molar-refractivity contribution >= 4 is 5.91 Å². The van der Waals surface area contributed by atoms with Gasteiger partial charge < -0.3 is 10.4 Å². The van der Waals surface area contributed by atoms with Gasteiger partial charge in [0, 0.05) is 6.54 Å². The first-order valence-electron chi connectivity index (χ1n) is 4.73. The Morgan fingerprint density at radius 3 is 2.15 bits per heavy atom. The maximum absolute atomic E-state index is 11.1. The minimum atomic E-state index is -0.914. The minimum Gasteiger partial charge on any atom is -0.384 e. The third kappa shape index (κ3) is 4.27. The fourth-order valence-corrected chi connectivity index (χ4v) is 0.667. The largest absolute Gasteiger partial charge is 0.384 e. The van der Waals surface area contributed by atoms with Crippen molar-refractivity contribution < 1.29 is 9.90 Å². The predicted octanol–water partition coefficient (Wildman–Crippen LogP) is 1.17. The summed E-state index contributed by atoms with van der Waals surface area (Å²) < 4.78 is 0. The summed E-state index contributed by atoms with van der Waals surface area (Å²) in [5.41, 5.74) is 0.0740. The molecule has 0 aliphatic heterocycles. The average Bonchev–Trinajstić information content (AvgIpc) is 1.99. The Bertz CT molecular complexity index is 174. The molecule has 78 valence electrons. The highest BCUT2D eigenvalue weighted by molar-refractivity contribution is 5.79. The molecular formula is C10H21NO2. The fourth-order valence-electron chi connectivity index (χ4n) is 0.667. The van der Waals surface area contributed by atoms with Crippen molar-refractivity contribution in [2.24, 2.45) is 11.3 Å². The van der Waals surface area contributed by atoms with Crippen LogP contribution in [0, 0.1) is 11.3 Å². The number of aliphatic hydroxyl groups excluding tert-OH is 1. The van der Waals surface area contributed by atoms with Crippen LogP contribution in [0.25, 0.3) is 0 Å². The van der Waals surface area contributed by atoms with Gasteiger partial charge in [0.1, 0.15) is 6.10 Å². The van der Waals surface area contributed by atoms with E-state index in [9.17, 15) is 4.79 Å². The van der Waals surface area contributed by atoms with Crippen molar-refractivity contribution in [2.75, 3.05) is 6.54 Å². The van der Waals surface area contributed by atoms with Gasteiger partial charge in [-0.2, -0.15) is 0 Å². The van der Waals surface area contributed by atoms with Gasteiger partial charge in [0.2, 0.25) is 5.91 Å². The second kappa shape index (κ2) is 4.61. The van der Waals surface area contributed by atoms with Gasteiger partial charge >= 0.3 is 0 Å². The summed E-state index contributed by atoms with van der Waals surface area (Å²) in [6.07, 6.45) is -0.914. The molecule has 1 unspecified atom stereocenters. The molecule has 0 heterocycles. The van der Waals surface area contributed by atoms with Gasteiger partial charge in [-0.25, -0.2) is 0 Å². The van der Waals surface area contributed by atoms with Crippen LogP contribution in [0.3, 0.4) is 0 Å². The topological polar surface area (TPSA) is 49.3 Å². The van der Waals surface area contributed by atoms with Crippen LogP contribution in [0.1, 0.15) is 34.6 Å². The van der Waals surface area contributed by atoms with Gasteiger partial charge in [0.15, 0.2) is 0 Å². The third-order valence-electron chi connectivity index (χ3n) is 2.66. The summed E-state index contributed by atoms with van der Waals surface area (Å²) in [6, 6.07) is 0. The Morgan fingerprint density at radius 1 is 1.38 bits per heavy atom. The molecule has 2 N–H and O–H groups in total. The van der Waals surface area contributed by atoms with E-state index in [2.05, 4.69) is 33.0 Å². The Morgan fingerprint density at radius 2 is 1.85 bits per heavy atom. The summed E-state index contributed by atoms with van der Waals surface area (Å²) >= 11 is 0. The molecule has 0 radical (unpaired) electrons. The van der Waals surface area contributed by atoms with E-state index in [0.717, 1.165) is 0 Å². The molecule has 0 saturated heterocycles. The van der Waals surface area contributed by atoms with Crippen LogP contribution in [0.5, 0.6) is 0 Å². The maximum Gasteiger partial charge on any atom is 0.248 e. The zero-order chi connectivity index (χ0) is 10.6. The molecule has 0 fully saturated rings. The first-order valence-corrected chi connectivity index (χ1v) is 4.73. The molecule has 1 atom stereocenters. The number of rotatable bonds is 4. The molecule has 3 nitrogen and oxygen atoms in total. The van der Waals surface area contributed by atoms with E-state index in [1.54, 1.807) is 0 Å². The number of nitrogens with one attached hydrogen (secondary N) is 1. The van der Waals surface area contributed by atoms with Crippen LogP contribution in [0.2, 0.25) is 0 Å². The normalized spacial score (nSPS) is 14.4. The SMILES string of the molecule is CC(O)C(=O)NCC(C)(C)C(C)C. The third-order valence-corrected chi connectivity index (χ3v) is 2.66. The van der Waals surface area contributed by atoms with Gasteiger partial charge in [0.25, 0.3) is 0 Å². The lowest BCUT2D eigenvalue weighted by Crippen LogP contribution is -2.40. The molecule has 3 heteroatoms. The molecule has 0 rings (SSSR count). The summed E-state index contributed by atoms with van der Waals surface area (Å²) in [5.74, 6) is 0.204. The molecule has 0 spiro atoms. The first kappa shape index (κ1) is 12.4. The van der Waals surface area contributed by atoms with Gasteiger partial charge in [-0.3, -0.25) is 4.79 Å². The van der Waals surface area contributed by atoms with E-state index in [4.69, 9.17) is 5.11 Å². The highest BCUT2D eigenvalue weighted by Gasteiger charge is 2.23. The smallest absolute Gasteiger partial charge is 0.248 e. The first-order chi connectivity index (χ1) is 5.77. The lowest BCUT2D eigenvalue weighted by atomic mass is 9.81. The standard InChI is InChI=1S/C10H21NO2/c1-7(2)10(4,5)6-11-9(13)8(3)12/h7-8,12H,6H2,1-5H3,(H,11,13). The number of amides is 1. The minimum absolute atomic E-state index is 0.0740. The highest BCUT2D eigenvalue weighted by Crippen LogP contribution is 2.24. The lowest BCUT2D eigenvalue weighted by molar-refractivity contribution is -0.129. The molecule has 1 amide bonds. The molecular weight excluding hydrogens is 166 g/mol. The highest BCUT2D eigenvalue weighted by atomic mass is 16.3. The van der Waals surface area contributed by atoms with Crippen LogP contribution in [-0.4, -0.2) is 23.7 Å². The zero-order valence-electron chi connectivity index (χ0n) is 9.22. The number of hydrogen-bond donors (Lipinski definition) is 2. The van der Waals surface area contributed by atoms with Gasteiger partial charge in [-0.15, -0.1) is 0 Å². The van der Waals surface area contributed by atoms with Gasteiger partial charge in [-0.1, -0.05) is 27.7 Å². The molecule has 0 bridgehead atoms. The molecule has 0 aromatic carbocycles. The molecule has 13 heavy (non-hydrogen) atoms. The Hall–Kier alpha value is -0.570. The van der Waals surface area contributed by atoms with Crippen LogP contribution in [0.15, 0.2) is 0 Å². The summed E-state index contributed by atoms with van der Waals surface area (Å²) in [7, 11) is 0. The fraction of sp³-hybridized carbons (Fsp3) is 0.900. The molecule has 0 aromatic heterocycles. The van der Waals surface area contributed by atoms with Crippen molar-refractivity contribution in [3.63, 3.8) is 0 Å². The maximum atomic E-state index is 11.1. The van der Waals surface area contributed by atoms with E-state index >= 15 is 0 Å². The number of aliphatic hydroxyl groups is 1. The average molecular weight is 187 g/mol. The number of carbonyl (C=O) groups excluding carboxylic acids is 1. The Kier molecular flexibility index (Phi) is 4.40. The van der Waals surface area contributed by atoms with Crippen molar-refractivity contribution in [3.8, 4) is 0 Å². The lowest BCUT2D eigenvalue weighted by Gasteiger charge is -2.29. The number of carbonyl (C=O) groups is 1. The van der Waals surface area contributed by atoms with Crippen molar-refractivity contribution in [1.82, 2.24) is 5.32 Å². The second-order valence-electron chi connectivity index (χ2n) is 4.54. The van der Waals surface area contributed by atoms with Crippen molar-refractivity contribution in [1.29, 1.82) is 0 Å². The van der Waals surface area contributed by atoms with E-state index in [1.165, 1.54) is 6.92 Å². The molecule has 0 saturated carbocycles. The molecule has 0 aromatic rings. The summed E-state index contributed by atoms with van der Waals surface area (Å²) in [4.78, 5) is 11.1. The Labute approximate surface area is 80.5 Å². The van der Waals surface area contributed by atoms with E-state index in [1.807, 2.05) is 0 Å². The van der Waals surface area contributed by atoms with Crippen molar-refractivity contribution in [2.45, 2.75) is 40.7 Å². The summed E-state index contributed by atoms with van der Waals surface area (Å²) in [6.45, 7) is 10.5. The van der Waals surface area contributed by atoms with Crippen LogP contribution in [0.4, 0.5) is 0 Å².